The van der Waals surface area contributed by atoms with E-state index in [4.69, 9.17) is 4.74 Å². The summed E-state index contributed by atoms with van der Waals surface area (Å²) in [7, 11) is 0. The van der Waals surface area contributed by atoms with Crippen LogP contribution in [-0.2, 0) is 20.7 Å². The normalized spacial score (nSPS) is 16.7. The number of nitro benzene ring substituents is 1. The van der Waals surface area contributed by atoms with Crippen LogP contribution in [0.4, 0.5) is 5.69 Å². The summed E-state index contributed by atoms with van der Waals surface area (Å²) in [6.07, 6.45) is 4.38. The lowest BCUT2D eigenvalue weighted by Gasteiger charge is -2.32. The average molecular weight is 478 g/mol. The fourth-order valence-electron chi connectivity index (χ4n) is 5.04. The number of nitrogens with one attached hydrogen (secondary N) is 1. The summed E-state index contributed by atoms with van der Waals surface area (Å²) in [6, 6.07) is 12.6. The van der Waals surface area contributed by atoms with Gasteiger partial charge in [-0.1, -0.05) is 37.3 Å². The Balaban J connectivity index is 1.68. The van der Waals surface area contributed by atoms with Crippen LogP contribution in [0.1, 0.15) is 55.7 Å². The largest absolute Gasteiger partial charge is 0.466 e. The van der Waals surface area contributed by atoms with E-state index < -0.39 is 4.92 Å². The van der Waals surface area contributed by atoms with Gasteiger partial charge in [-0.15, -0.1) is 0 Å². The number of carbonyl (C=O) groups is 2. The molecule has 0 saturated carbocycles. The molecule has 0 bridgehead atoms. The zero-order valence-electron chi connectivity index (χ0n) is 20.2. The van der Waals surface area contributed by atoms with E-state index in [1.165, 1.54) is 11.6 Å². The third kappa shape index (κ3) is 5.21. The van der Waals surface area contributed by atoms with Gasteiger partial charge in [-0.3, -0.25) is 19.7 Å². The van der Waals surface area contributed by atoms with E-state index in [1.54, 1.807) is 24.0 Å². The number of hydrogen-bond acceptors (Lipinski definition) is 5. The van der Waals surface area contributed by atoms with Gasteiger partial charge in [-0.25, -0.2) is 0 Å². The second-order valence-electron chi connectivity index (χ2n) is 8.98. The molecule has 8 nitrogen and oxygen atoms in total. The summed E-state index contributed by atoms with van der Waals surface area (Å²) in [5.41, 5.74) is 3.84. The number of esters is 1. The minimum absolute atomic E-state index is 0.00520. The highest BCUT2D eigenvalue weighted by molar-refractivity contribution is 5.88. The number of nitrogens with zero attached hydrogens (tertiary/aromatic N) is 2. The van der Waals surface area contributed by atoms with Gasteiger partial charge in [0.25, 0.3) is 5.69 Å². The van der Waals surface area contributed by atoms with Crippen molar-refractivity contribution in [2.45, 2.75) is 45.4 Å². The molecule has 3 aromatic rings. The second kappa shape index (κ2) is 10.7. The van der Waals surface area contributed by atoms with E-state index in [-0.39, 0.29) is 35.8 Å². The summed E-state index contributed by atoms with van der Waals surface area (Å²) in [5, 5.41) is 12.5. The molecule has 184 valence electrons. The van der Waals surface area contributed by atoms with Gasteiger partial charge in [0.1, 0.15) is 0 Å². The molecule has 0 spiro atoms. The number of aromatic nitrogens is 1. The Hall–Kier alpha value is -3.68. The predicted molar refractivity (Wildman–Crippen MR) is 133 cm³/mol. The number of fused-ring (bicyclic) bond motifs is 1. The predicted octanol–water partition coefficient (Wildman–Crippen LogP) is 4.96. The summed E-state index contributed by atoms with van der Waals surface area (Å²) < 4.78 is 5.18. The number of carbonyl (C=O) groups excluding carboxylic acids is 2. The molecule has 1 saturated heterocycles. The van der Waals surface area contributed by atoms with Crippen molar-refractivity contribution in [2.75, 3.05) is 19.7 Å². The molecule has 1 N–H and O–H groups in total. The Morgan fingerprint density at radius 1 is 1.23 bits per heavy atom. The van der Waals surface area contributed by atoms with Crippen molar-refractivity contribution in [2.24, 2.45) is 5.92 Å². The minimum Gasteiger partial charge on any atom is -0.466 e. The number of rotatable bonds is 8. The van der Waals surface area contributed by atoms with Gasteiger partial charge >= 0.3 is 5.97 Å². The molecule has 0 unspecified atom stereocenters. The van der Waals surface area contributed by atoms with Crippen LogP contribution in [0.2, 0.25) is 0 Å². The molecule has 2 aromatic carbocycles. The average Bonchev–Trinajstić information content (AvgIpc) is 3.31. The van der Waals surface area contributed by atoms with Gasteiger partial charge < -0.3 is 14.6 Å². The molecule has 35 heavy (non-hydrogen) atoms. The molecule has 2 atom stereocenters. The molecule has 1 aliphatic rings. The smallest absolute Gasteiger partial charge is 0.310 e. The van der Waals surface area contributed by atoms with Crippen LogP contribution in [-0.4, -0.2) is 46.4 Å². The number of benzene rings is 2. The molecule has 0 radical (unpaired) electrons. The number of aryl methyl sites for hydroxylation is 1. The zero-order valence-corrected chi connectivity index (χ0v) is 20.2. The van der Waals surface area contributed by atoms with Crippen molar-refractivity contribution in [3.63, 3.8) is 0 Å². The summed E-state index contributed by atoms with van der Waals surface area (Å²) in [4.78, 5) is 41.9. The van der Waals surface area contributed by atoms with Gasteiger partial charge in [0.15, 0.2) is 0 Å². The standard InChI is InChI=1S/C27H31N3O5/c1-3-18-8-6-12-22-24(16-28-26(18)22)23(19-9-5-11-21(14-19)30(33)34)15-25(31)29-13-7-10-20(17-29)27(32)35-4-2/h5-6,8-9,11-12,14,16,20,23,28H,3-4,7,10,13,15,17H2,1-2H3/t20-,23+/m1/s1. The van der Waals surface area contributed by atoms with Crippen molar-refractivity contribution in [1.29, 1.82) is 0 Å². The van der Waals surface area contributed by atoms with Crippen LogP contribution in [0.3, 0.4) is 0 Å². The molecule has 8 heteroatoms. The molecule has 0 aliphatic carbocycles. The fraction of sp³-hybridized carbons (Fsp3) is 0.407. The van der Waals surface area contributed by atoms with Crippen LogP contribution in [0, 0.1) is 16.0 Å². The number of piperidine rings is 1. The van der Waals surface area contributed by atoms with Crippen molar-refractivity contribution in [3.05, 3.63) is 75.5 Å². The number of amides is 1. The number of hydrogen-bond donors (Lipinski definition) is 1. The van der Waals surface area contributed by atoms with Crippen LogP contribution < -0.4 is 0 Å². The van der Waals surface area contributed by atoms with E-state index >= 15 is 0 Å². The zero-order chi connectivity index (χ0) is 24.9. The minimum atomic E-state index is -0.415. The van der Waals surface area contributed by atoms with E-state index in [2.05, 4.69) is 18.0 Å². The first kappa shape index (κ1) is 24.4. The van der Waals surface area contributed by atoms with Gasteiger partial charge in [0.05, 0.1) is 17.4 Å². The second-order valence-corrected chi connectivity index (χ2v) is 8.98. The van der Waals surface area contributed by atoms with Crippen LogP contribution in [0.25, 0.3) is 10.9 Å². The number of nitro groups is 1. The van der Waals surface area contributed by atoms with Crippen molar-refractivity contribution in [1.82, 2.24) is 9.88 Å². The lowest BCUT2D eigenvalue weighted by Crippen LogP contribution is -2.43. The molecular formula is C27H31N3O5. The Bertz CT molecular complexity index is 1230. The molecule has 2 heterocycles. The number of ether oxygens (including phenoxy) is 1. The lowest BCUT2D eigenvalue weighted by molar-refractivity contribution is -0.384. The van der Waals surface area contributed by atoms with Gasteiger partial charge in [-0.05, 0) is 42.9 Å². The lowest BCUT2D eigenvalue weighted by atomic mass is 9.86. The maximum atomic E-state index is 13.5. The molecule has 1 aromatic heterocycles. The fourth-order valence-corrected chi connectivity index (χ4v) is 5.04. The van der Waals surface area contributed by atoms with E-state index in [9.17, 15) is 19.7 Å². The first-order valence-corrected chi connectivity index (χ1v) is 12.2. The maximum absolute atomic E-state index is 13.5. The molecular weight excluding hydrogens is 446 g/mol. The highest BCUT2D eigenvalue weighted by Crippen LogP contribution is 2.36. The van der Waals surface area contributed by atoms with Gasteiger partial charge in [-0.2, -0.15) is 0 Å². The van der Waals surface area contributed by atoms with Gasteiger partial charge in [0, 0.05) is 54.7 Å². The monoisotopic (exact) mass is 477 g/mol. The number of aromatic amines is 1. The Kier molecular flexibility index (Phi) is 7.48. The quantitative estimate of drug-likeness (QED) is 0.280. The van der Waals surface area contributed by atoms with E-state index in [0.717, 1.165) is 29.3 Å². The van der Waals surface area contributed by atoms with Crippen LogP contribution in [0.5, 0.6) is 0 Å². The highest BCUT2D eigenvalue weighted by Gasteiger charge is 2.31. The third-order valence-corrected chi connectivity index (χ3v) is 6.85. The third-order valence-electron chi connectivity index (χ3n) is 6.85. The summed E-state index contributed by atoms with van der Waals surface area (Å²) in [5.74, 6) is -1.02. The van der Waals surface area contributed by atoms with Crippen molar-refractivity contribution in [3.8, 4) is 0 Å². The van der Waals surface area contributed by atoms with Gasteiger partial charge in [0.2, 0.25) is 5.91 Å². The number of para-hydroxylation sites is 1. The molecule has 4 rings (SSSR count). The Morgan fingerprint density at radius 3 is 2.77 bits per heavy atom. The Labute approximate surface area is 204 Å². The SMILES string of the molecule is CCOC(=O)[C@@H]1CCCN(C(=O)C[C@@H](c2cccc([N+](=O)[O-])c2)c2c[nH]c3c(CC)cccc23)C1. The van der Waals surface area contributed by atoms with Crippen molar-refractivity contribution >= 4 is 28.5 Å². The molecule has 1 amide bonds. The number of likely N-dealkylation sites (tertiary alicyclic amines) is 1. The van der Waals surface area contributed by atoms with E-state index in [0.29, 0.717) is 31.7 Å². The van der Waals surface area contributed by atoms with Crippen LogP contribution in [0.15, 0.2) is 48.7 Å². The van der Waals surface area contributed by atoms with E-state index in [1.807, 2.05) is 24.4 Å². The summed E-state index contributed by atoms with van der Waals surface area (Å²) >= 11 is 0. The van der Waals surface area contributed by atoms with Crippen LogP contribution >= 0.6 is 0 Å². The van der Waals surface area contributed by atoms with Crippen molar-refractivity contribution < 1.29 is 19.2 Å². The molecule has 1 fully saturated rings. The number of non-ortho nitro benzene ring substituents is 1. The molecule has 1 aliphatic heterocycles. The number of H-pyrrole nitrogens is 1. The summed E-state index contributed by atoms with van der Waals surface area (Å²) in [6.45, 7) is 5.11. The maximum Gasteiger partial charge on any atom is 0.310 e. The highest BCUT2D eigenvalue weighted by atomic mass is 16.6. The Morgan fingerprint density at radius 2 is 2.03 bits per heavy atom. The first-order chi connectivity index (χ1) is 16.9. The topological polar surface area (TPSA) is 106 Å². The first-order valence-electron chi connectivity index (χ1n) is 12.2.